The Bertz CT molecular complexity index is 629. The van der Waals surface area contributed by atoms with Gasteiger partial charge in [0.1, 0.15) is 18.0 Å². The number of aromatic nitrogens is 3. The number of hydrogen-bond acceptors (Lipinski definition) is 7. The lowest BCUT2D eigenvalue weighted by Gasteiger charge is -2.33. The van der Waals surface area contributed by atoms with Crippen LogP contribution >= 0.6 is 11.3 Å². The van der Waals surface area contributed by atoms with Gasteiger partial charge in [-0.1, -0.05) is 0 Å². The molecule has 0 bridgehead atoms. The first-order chi connectivity index (χ1) is 11.4. The van der Waals surface area contributed by atoms with Crippen molar-refractivity contribution in [3.05, 3.63) is 29.0 Å². The van der Waals surface area contributed by atoms with Crippen molar-refractivity contribution in [3.63, 3.8) is 0 Å². The van der Waals surface area contributed by atoms with E-state index in [1.54, 1.807) is 17.7 Å². The maximum Gasteiger partial charge on any atom is 0.134 e. The molecule has 2 aromatic rings. The molecule has 2 aliphatic heterocycles. The molecule has 4 heterocycles. The molecule has 0 N–H and O–H groups in total. The molecule has 7 heteroatoms. The van der Waals surface area contributed by atoms with Crippen LogP contribution in [0.1, 0.15) is 23.8 Å². The van der Waals surface area contributed by atoms with Gasteiger partial charge in [-0.3, -0.25) is 0 Å². The van der Waals surface area contributed by atoms with Crippen LogP contribution in [-0.4, -0.2) is 54.3 Å². The number of piperidine rings is 1. The maximum atomic E-state index is 5.42. The fourth-order valence-corrected chi connectivity index (χ4v) is 4.07. The van der Waals surface area contributed by atoms with Crippen LogP contribution in [0.5, 0.6) is 0 Å². The van der Waals surface area contributed by atoms with Gasteiger partial charge >= 0.3 is 0 Å². The van der Waals surface area contributed by atoms with E-state index in [0.717, 1.165) is 51.0 Å². The van der Waals surface area contributed by atoms with Gasteiger partial charge in [0.2, 0.25) is 0 Å². The third kappa shape index (κ3) is 3.30. The first-order valence-corrected chi connectivity index (χ1v) is 9.07. The summed E-state index contributed by atoms with van der Waals surface area (Å²) in [7, 11) is 0. The fourth-order valence-electron chi connectivity index (χ4n) is 3.30. The zero-order valence-electron chi connectivity index (χ0n) is 13.1. The lowest BCUT2D eigenvalue weighted by atomic mass is 9.99. The van der Waals surface area contributed by atoms with Crippen LogP contribution in [0.15, 0.2) is 24.0 Å². The Balaban J connectivity index is 1.50. The summed E-state index contributed by atoms with van der Waals surface area (Å²) in [6.45, 7) is 5.40. The Kier molecular flexibility index (Phi) is 4.39. The van der Waals surface area contributed by atoms with Crippen LogP contribution in [0.25, 0.3) is 0 Å². The predicted molar refractivity (Wildman–Crippen MR) is 91.4 cm³/mol. The highest BCUT2D eigenvalue weighted by molar-refractivity contribution is 7.09. The minimum atomic E-state index is 0.519. The topological polar surface area (TPSA) is 54.4 Å². The average Bonchev–Trinajstić information content (AvgIpc) is 3.18. The third-order valence-corrected chi connectivity index (χ3v) is 5.46. The van der Waals surface area contributed by atoms with E-state index in [2.05, 4.69) is 36.2 Å². The first kappa shape index (κ1) is 14.8. The highest BCUT2D eigenvalue weighted by Crippen LogP contribution is 2.31. The number of rotatable bonds is 3. The van der Waals surface area contributed by atoms with Crippen molar-refractivity contribution >= 4 is 23.0 Å². The molecular weight excluding hydrogens is 310 g/mol. The van der Waals surface area contributed by atoms with E-state index in [9.17, 15) is 0 Å². The van der Waals surface area contributed by atoms with E-state index in [0.29, 0.717) is 5.92 Å². The SMILES string of the molecule is c1nc(N2CCOCC2)cc(N2CCCC(c3nccs3)C2)n1. The largest absolute Gasteiger partial charge is 0.378 e. The Morgan fingerprint density at radius 1 is 1.04 bits per heavy atom. The van der Waals surface area contributed by atoms with Crippen molar-refractivity contribution in [2.75, 3.05) is 49.2 Å². The van der Waals surface area contributed by atoms with Gasteiger partial charge in [-0.25, -0.2) is 15.0 Å². The number of thiazole rings is 1. The molecule has 6 nitrogen and oxygen atoms in total. The molecule has 1 unspecified atom stereocenters. The summed E-state index contributed by atoms with van der Waals surface area (Å²) in [4.78, 5) is 18.1. The van der Waals surface area contributed by atoms with Crippen molar-refractivity contribution in [2.45, 2.75) is 18.8 Å². The molecule has 0 amide bonds. The number of anilines is 2. The van der Waals surface area contributed by atoms with Crippen LogP contribution in [-0.2, 0) is 4.74 Å². The normalized spacial score (nSPS) is 22.3. The highest BCUT2D eigenvalue weighted by atomic mass is 32.1. The van der Waals surface area contributed by atoms with Gasteiger partial charge in [-0.15, -0.1) is 11.3 Å². The van der Waals surface area contributed by atoms with Gasteiger partial charge in [0.15, 0.2) is 0 Å². The molecule has 23 heavy (non-hydrogen) atoms. The summed E-state index contributed by atoms with van der Waals surface area (Å²) in [5.41, 5.74) is 0. The molecule has 0 aromatic carbocycles. The summed E-state index contributed by atoms with van der Waals surface area (Å²) < 4.78 is 5.42. The Labute approximate surface area is 140 Å². The molecule has 122 valence electrons. The standard InChI is InChI=1S/C16H21N5OS/c1-2-13(16-17-3-9-23-16)11-21(4-1)15-10-14(18-12-19-15)20-5-7-22-8-6-20/h3,9-10,12-13H,1-2,4-8,11H2. The maximum absolute atomic E-state index is 5.42. The molecule has 0 aliphatic carbocycles. The summed E-state index contributed by atoms with van der Waals surface area (Å²) in [5.74, 6) is 2.56. The molecule has 4 rings (SSSR count). The van der Waals surface area contributed by atoms with Gasteiger partial charge in [0, 0.05) is 49.7 Å². The summed E-state index contributed by atoms with van der Waals surface area (Å²) >= 11 is 1.76. The van der Waals surface area contributed by atoms with Crippen LogP contribution in [0, 0.1) is 0 Å². The van der Waals surface area contributed by atoms with Crippen LogP contribution < -0.4 is 9.80 Å². The summed E-state index contributed by atoms with van der Waals surface area (Å²) in [6.07, 6.45) is 5.99. The monoisotopic (exact) mass is 331 g/mol. The molecule has 2 fully saturated rings. The minimum Gasteiger partial charge on any atom is -0.378 e. The second-order valence-electron chi connectivity index (χ2n) is 5.99. The lowest BCUT2D eigenvalue weighted by molar-refractivity contribution is 0.122. The van der Waals surface area contributed by atoms with E-state index in [1.807, 2.05) is 6.20 Å². The van der Waals surface area contributed by atoms with Crippen molar-refractivity contribution in [3.8, 4) is 0 Å². The Morgan fingerprint density at radius 2 is 1.87 bits per heavy atom. The second-order valence-corrected chi connectivity index (χ2v) is 6.92. The number of ether oxygens (including phenoxy) is 1. The Morgan fingerprint density at radius 3 is 2.65 bits per heavy atom. The van der Waals surface area contributed by atoms with Crippen molar-refractivity contribution in [2.24, 2.45) is 0 Å². The quantitative estimate of drug-likeness (QED) is 0.859. The molecule has 0 saturated carbocycles. The van der Waals surface area contributed by atoms with Crippen LogP contribution in [0.4, 0.5) is 11.6 Å². The fraction of sp³-hybridized carbons (Fsp3) is 0.562. The van der Waals surface area contributed by atoms with E-state index in [-0.39, 0.29) is 0 Å². The third-order valence-electron chi connectivity index (χ3n) is 4.52. The Hall–Kier alpha value is -1.73. The molecular formula is C16H21N5OS. The zero-order valence-corrected chi connectivity index (χ0v) is 13.9. The predicted octanol–water partition coefficient (Wildman–Crippen LogP) is 2.15. The number of hydrogen-bond donors (Lipinski definition) is 0. The molecule has 2 saturated heterocycles. The lowest BCUT2D eigenvalue weighted by Crippen LogP contribution is -2.38. The zero-order chi connectivity index (χ0) is 15.5. The summed E-state index contributed by atoms with van der Waals surface area (Å²) in [6, 6.07) is 2.12. The van der Waals surface area contributed by atoms with Gasteiger partial charge < -0.3 is 14.5 Å². The molecule has 1 atom stereocenters. The van der Waals surface area contributed by atoms with Gasteiger partial charge in [0.25, 0.3) is 0 Å². The van der Waals surface area contributed by atoms with Gasteiger partial charge in [-0.2, -0.15) is 0 Å². The van der Waals surface area contributed by atoms with Crippen molar-refractivity contribution < 1.29 is 4.74 Å². The van der Waals surface area contributed by atoms with Gasteiger partial charge in [0.05, 0.1) is 18.2 Å². The van der Waals surface area contributed by atoms with Crippen molar-refractivity contribution in [1.29, 1.82) is 0 Å². The van der Waals surface area contributed by atoms with Crippen molar-refractivity contribution in [1.82, 2.24) is 15.0 Å². The van der Waals surface area contributed by atoms with E-state index in [1.165, 1.54) is 17.8 Å². The average molecular weight is 331 g/mol. The molecule has 2 aliphatic rings. The molecule has 2 aromatic heterocycles. The highest BCUT2D eigenvalue weighted by Gasteiger charge is 2.24. The smallest absolute Gasteiger partial charge is 0.134 e. The van der Waals surface area contributed by atoms with Gasteiger partial charge in [-0.05, 0) is 12.8 Å². The van der Waals surface area contributed by atoms with Crippen LogP contribution in [0.3, 0.4) is 0 Å². The minimum absolute atomic E-state index is 0.519. The first-order valence-electron chi connectivity index (χ1n) is 8.19. The molecule has 0 radical (unpaired) electrons. The number of nitrogens with zero attached hydrogens (tertiary/aromatic N) is 5. The molecule has 0 spiro atoms. The van der Waals surface area contributed by atoms with E-state index in [4.69, 9.17) is 4.74 Å². The second kappa shape index (κ2) is 6.80. The van der Waals surface area contributed by atoms with E-state index >= 15 is 0 Å². The number of morpholine rings is 1. The summed E-state index contributed by atoms with van der Waals surface area (Å²) in [5, 5.41) is 3.31. The van der Waals surface area contributed by atoms with E-state index < -0.39 is 0 Å². The van der Waals surface area contributed by atoms with Crippen LogP contribution in [0.2, 0.25) is 0 Å².